The summed E-state index contributed by atoms with van der Waals surface area (Å²) < 4.78 is 17.4. The Morgan fingerprint density at radius 1 is 0.964 bits per heavy atom. The lowest BCUT2D eigenvalue weighted by Gasteiger charge is -2.23. The van der Waals surface area contributed by atoms with Gasteiger partial charge in [0.2, 0.25) is 0 Å². The molecule has 0 saturated heterocycles. The van der Waals surface area contributed by atoms with Gasteiger partial charge >= 0.3 is 0 Å². The molecule has 0 radical (unpaired) electrons. The van der Waals surface area contributed by atoms with Crippen molar-refractivity contribution in [1.82, 2.24) is 0 Å². The highest BCUT2D eigenvalue weighted by Gasteiger charge is 2.23. The van der Waals surface area contributed by atoms with E-state index in [1.165, 1.54) is 24.2 Å². The predicted octanol–water partition coefficient (Wildman–Crippen LogP) is 8.48. The van der Waals surface area contributed by atoms with Gasteiger partial charge in [-0.15, -0.1) is 11.8 Å². The van der Waals surface area contributed by atoms with Gasteiger partial charge in [-0.05, 0) is 56.5 Å². The second-order valence-corrected chi connectivity index (χ2v) is 12.1. The van der Waals surface area contributed by atoms with Gasteiger partial charge in [-0.25, -0.2) is 4.99 Å². The molecule has 0 amide bonds. The SMILES string of the molecule is CCCCCCOP(=NC(=Nc1ccc(SC)cc1)SC)(OCC)SCCC. The standard InChI is InChI=1S/C20H35N2O2PS3/c1-6-9-10-11-16-24-25(23-8-3,28-17-7-2)22-20(27-5)21-18-12-14-19(26-4)15-13-18/h12-15H,6-11,16-17H2,1-5H3. The van der Waals surface area contributed by atoms with Crippen LogP contribution in [0.1, 0.15) is 52.9 Å². The highest BCUT2D eigenvalue weighted by atomic mass is 32.7. The van der Waals surface area contributed by atoms with Crippen molar-refractivity contribution in [3.63, 3.8) is 0 Å². The van der Waals surface area contributed by atoms with Crippen LogP contribution in [0, 0.1) is 0 Å². The molecular formula is C20H35N2O2PS3. The quantitative estimate of drug-likeness (QED) is 0.0966. The van der Waals surface area contributed by atoms with Crippen LogP contribution >= 0.6 is 41.6 Å². The largest absolute Gasteiger partial charge is 0.316 e. The summed E-state index contributed by atoms with van der Waals surface area (Å²) in [5.74, 6) is 0.969. The minimum atomic E-state index is -2.40. The first kappa shape index (κ1) is 26.1. The summed E-state index contributed by atoms with van der Waals surface area (Å²) in [6.07, 6.45) is 9.84. The third kappa shape index (κ3) is 10.2. The number of aliphatic imine (C=N–C) groups is 1. The zero-order valence-corrected chi connectivity index (χ0v) is 21.2. The summed E-state index contributed by atoms with van der Waals surface area (Å²) in [7, 11) is 0. The molecule has 0 heterocycles. The smallest absolute Gasteiger partial charge is 0.279 e. The lowest BCUT2D eigenvalue weighted by Crippen LogP contribution is -1.99. The fourth-order valence-corrected chi connectivity index (χ4v) is 8.05. The van der Waals surface area contributed by atoms with Crippen LogP contribution in [0.2, 0.25) is 0 Å². The molecule has 28 heavy (non-hydrogen) atoms. The Labute approximate surface area is 184 Å². The molecule has 1 rings (SSSR count). The molecule has 1 unspecified atom stereocenters. The Bertz CT molecular complexity index is 624. The molecule has 0 aromatic heterocycles. The number of nitrogens with zero attached hydrogens (tertiary/aromatic N) is 2. The first-order valence-corrected chi connectivity index (χ1v) is 15.6. The highest BCUT2D eigenvalue weighted by molar-refractivity contribution is 8.56. The van der Waals surface area contributed by atoms with E-state index < -0.39 is 6.71 Å². The summed E-state index contributed by atoms with van der Waals surface area (Å²) in [6.45, 7) is 5.28. The van der Waals surface area contributed by atoms with E-state index in [9.17, 15) is 0 Å². The summed E-state index contributed by atoms with van der Waals surface area (Å²) >= 11 is 4.99. The molecule has 8 heteroatoms. The van der Waals surface area contributed by atoms with Gasteiger partial charge in [0, 0.05) is 10.6 Å². The fourth-order valence-electron chi connectivity index (χ4n) is 2.26. The Hall–Kier alpha value is 0.0900. The molecule has 1 aromatic carbocycles. The first-order valence-electron chi connectivity index (χ1n) is 9.95. The topological polar surface area (TPSA) is 43.2 Å². The Balaban J connectivity index is 3.09. The van der Waals surface area contributed by atoms with Crippen LogP contribution in [0.4, 0.5) is 5.69 Å². The van der Waals surface area contributed by atoms with Crippen LogP contribution in [0.5, 0.6) is 0 Å². The minimum absolute atomic E-state index is 0.590. The molecule has 1 aromatic rings. The maximum atomic E-state index is 6.31. The third-order valence-corrected chi connectivity index (χ3v) is 9.97. The van der Waals surface area contributed by atoms with Crippen molar-refractivity contribution >= 4 is 52.5 Å². The normalized spacial score (nSPS) is 14.1. The Morgan fingerprint density at radius 3 is 2.29 bits per heavy atom. The van der Waals surface area contributed by atoms with Crippen molar-refractivity contribution < 1.29 is 9.05 Å². The van der Waals surface area contributed by atoms with Crippen LogP contribution in [-0.2, 0) is 9.05 Å². The van der Waals surface area contributed by atoms with Crippen molar-refractivity contribution in [3.8, 4) is 0 Å². The van der Waals surface area contributed by atoms with E-state index in [1.807, 2.05) is 25.3 Å². The number of thioether (sulfide) groups is 2. The van der Waals surface area contributed by atoms with E-state index in [0.717, 1.165) is 29.4 Å². The molecule has 0 aliphatic carbocycles. The van der Waals surface area contributed by atoms with Crippen molar-refractivity contribution in [3.05, 3.63) is 24.3 Å². The average molecular weight is 463 g/mol. The first-order chi connectivity index (χ1) is 13.6. The van der Waals surface area contributed by atoms with Gasteiger partial charge in [0.1, 0.15) is 0 Å². The number of amidine groups is 1. The number of benzene rings is 1. The maximum Gasteiger partial charge on any atom is 0.279 e. The van der Waals surface area contributed by atoms with E-state index in [1.54, 1.807) is 34.9 Å². The van der Waals surface area contributed by atoms with Crippen molar-refractivity contribution in [2.24, 2.45) is 9.74 Å². The average Bonchev–Trinajstić information content (AvgIpc) is 2.72. The van der Waals surface area contributed by atoms with E-state index in [2.05, 4.69) is 32.2 Å². The zero-order valence-electron chi connectivity index (χ0n) is 17.8. The summed E-state index contributed by atoms with van der Waals surface area (Å²) in [5, 5.41) is 0.718. The molecule has 4 nitrogen and oxygen atoms in total. The van der Waals surface area contributed by atoms with Gasteiger partial charge in [0.15, 0.2) is 5.17 Å². The monoisotopic (exact) mass is 462 g/mol. The number of hydrogen-bond acceptors (Lipinski definition) is 6. The van der Waals surface area contributed by atoms with Gasteiger partial charge in [-0.2, -0.15) is 4.74 Å². The Morgan fingerprint density at radius 2 is 1.71 bits per heavy atom. The highest BCUT2D eigenvalue weighted by Crippen LogP contribution is 2.64. The molecule has 0 saturated carbocycles. The second-order valence-electron chi connectivity index (χ2n) is 6.01. The molecule has 0 aliphatic rings. The van der Waals surface area contributed by atoms with Gasteiger partial charge < -0.3 is 9.05 Å². The van der Waals surface area contributed by atoms with Crippen molar-refractivity contribution in [2.75, 3.05) is 31.5 Å². The number of hydrogen-bond donors (Lipinski definition) is 0. The summed E-state index contributed by atoms with van der Waals surface area (Å²) in [5.41, 5.74) is 0.906. The molecule has 160 valence electrons. The van der Waals surface area contributed by atoms with Crippen molar-refractivity contribution in [2.45, 2.75) is 57.8 Å². The summed E-state index contributed by atoms with van der Waals surface area (Å²) in [6, 6.07) is 8.23. The van der Waals surface area contributed by atoms with Crippen LogP contribution < -0.4 is 0 Å². The fraction of sp³-hybridized carbons (Fsp3) is 0.650. The van der Waals surface area contributed by atoms with Gasteiger partial charge in [0.05, 0.1) is 18.9 Å². The minimum Gasteiger partial charge on any atom is -0.316 e. The maximum absolute atomic E-state index is 6.31. The molecule has 0 bridgehead atoms. The van der Waals surface area contributed by atoms with Gasteiger partial charge in [-0.1, -0.05) is 56.3 Å². The molecule has 1 atom stereocenters. The molecule has 0 aliphatic heterocycles. The molecular weight excluding hydrogens is 427 g/mol. The van der Waals surface area contributed by atoms with Crippen LogP contribution in [0.15, 0.2) is 38.9 Å². The number of rotatable bonds is 13. The van der Waals surface area contributed by atoms with E-state index in [-0.39, 0.29) is 0 Å². The predicted molar refractivity (Wildman–Crippen MR) is 133 cm³/mol. The van der Waals surface area contributed by atoms with Gasteiger partial charge in [-0.3, -0.25) is 0 Å². The molecule has 0 spiro atoms. The molecule has 0 fully saturated rings. The van der Waals surface area contributed by atoms with Gasteiger partial charge in [0.25, 0.3) is 6.71 Å². The molecule has 0 N–H and O–H groups in total. The van der Waals surface area contributed by atoms with Crippen LogP contribution in [-0.4, -0.2) is 36.6 Å². The van der Waals surface area contributed by atoms with Crippen LogP contribution in [0.25, 0.3) is 0 Å². The lowest BCUT2D eigenvalue weighted by molar-refractivity contribution is 0.257. The lowest BCUT2D eigenvalue weighted by atomic mass is 10.2. The van der Waals surface area contributed by atoms with E-state index >= 15 is 0 Å². The zero-order chi connectivity index (χ0) is 20.7. The summed E-state index contributed by atoms with van der Waals surface area (Å²) in [4.78, 5) is 5.97. The van der Waals surface area contributed by atoms with E-state index in [0.29, 0.717) is 13.2 Å². The Kier molecular flexibility index (Phi) is 14.8. The van der Waals surface area contributed by atoms with E-state index in [4.69, 9.17) is 18.8 Å². The third-order valence-electron chi connectivity index (χ3n) is 3.69. The number of unbranched alkanes of at least 4 members (excludes halogenated alkanes) is 3. The van der Waals surface area contributed by atoms with Crippen molar-refractivity contribution in [1.29, 1.82) is 0 Å². The van der Waals surface area contributed by atoms with Crippen LogP contribution in [0.3, 0.4) is 0 Å². The second kappa shape index (κ2) is 15.9.